The molecule has 0 spiro atoms. The number of hydrogen-bond acceptors (Lipinski definition) is 8. The predicted octanol–water partition coefficient (Wildman–Crippen LogP) is 10.3. The fraction of sp³-hybridized carbons (Fsp3) is 0.316. The number of halogens is 4. The summed E-state index contributed by atoms with van der Waals surface area (Å²) in [5, 5.41) is 20.0. The fourth-order valence-electron chi connectivity index (χ4n) is 4.67. The van der Waals surface area contributed by atoms with Gasteiger partial charge in [-0.2, -0.15) is 10.2 Å². The lowest BCUT2D eigenvalue weighted by Crippen LogP contribution is -2.29. The molecule has 0 saturated carbocycles. The van der Waals surface area contributed by atoms with Crippen molar-refractivity contribution >= 4 is 89.6 Å². The number of nitrogens with zero attached hydrogens (tertiary/aromatic N) is 3. The minimum atomic E-state index is -0.757. The second-order valence-electron chi connectivity index (χ2n) is 14.4. The van der Waals surface area contributed by atoms with E-state index in [9.17, 15) is 19.2 Å². The van der Waals surface area contributed by atoms with Crippen molar-refractivity contribution < 1.29 is 14.7 Å². The molecule has 17 heteroatoms. The molecule has 0 bridgehead atoms. The number of carboxylic acids is 1. The smallest absolute Gasteiger partial charge is 0.308 e. The zero-order valence-electron chi connectivity index (χ0n) is 30.9. The number of hydrogen-bond donors (Lipinski definition) is 4. The summed E-state index contributed by atoms with van der Waals surface area (Å²) < 4.78 is 4.24. The van der Waals surface area contributed by atoms with E-state index in [1.165, 1.54) is 33.0 Å². The minimum absolute atomic E-state index is 0.0862. The zero-order valence-corrected chi connectivity index (χ0v) is 37.2. The van der Waals surface area contributed by atoms with Gasteiger partial charge in [0.05, 0.1) is 34.7 Å². The molecular weight excluding hydrogens is 915 g/mol. The molecule has 0 amide bonds. The van der Waals surface area contributed by atoms with Gasteiger partial charge < -0.3 is 15.1 Å². The number of carbonyl (C=O) groups is 2. The van der Waals surface area contributed by atoms with Gasteiger partial charge >= 0.3 is 5.97 Å². The lowest BCUT2D eigenvalue weighted by atomic mass is 9.95. The average Bonchev–Trinajstić information content (AvgIpc) is 3.89. The number of pyridine rings is 2. The molecule has 6 aromatic rings. The van der Waals surface area contributed by atoms with Crippen LogP contribution in [0.15, 0.2) is 79.5 Å². The Hall–Kier alpha value is -3.60. The summed E-state index contributed by atoms with van der Waals surface area (Å²) in [6, 6.07) is 18.3. The van der Waals surface area contributed by atoms with Crippen molar-refractivity contribution in [2.45, 2.75) is 67.2 Å². The van der Waals surface area contributed by atoms with Crippen LogP contribution in [0.1, 0.15) is 67.5 Å². The maximum atomic E-state index is 12.9. The summed E-state index contributed by atoms with van der Waals surface area (Å²) in [5.74, 6) is -0.843. The molecule has 6 heterocycles. The van der Waals surface area contributed by atoms with E-state index in [1.807, 2.05) is 63.2 Å². The Morgan fingerprint density at radius 1 is 0.727 bits per heavy atom. The van der Waals surface area contributed by atoms with Crippen LogP contribution >= 0.6 is 77.7 Å². The maximum absolute atomic E-state index is 12.9. The first-order chi connectivity index (χ1) is 25.7. The van der Waals surface area contributed by atoms with Crippen LogP contribution in [0.4, 0.5) is 0 Å². The number of rotatable bonds is 8. The molecule has 0 radical (unpaired) electrons. The van der Waals surface area contributed by atoms with E-state index < -0.39 is 16.8 Å². The lowest BCUT2D eigenvalue weighted by molar-refractivity contribution is -0.145. The van der Waals surface area contributed by atoms with Gasteiger partial charge in [-0.25, -0.2) is 4.68 Å². The first-order valence-electron chi connectivity index (χ1n) is 16.9. The van der Waals surface area contributed by atoms with E-state index >= 15 is 0 Å². The van der Waals surface area contributed by atoms with Gasteiger partial charge in [0.25, 0.3) is 5.91 Å². The summed E-state index contributed by atoms with van der Waals surface area (Å²) >= 11 is 21.6. The van der Waals surface area contributed by atoms with Crippen LogP contribution < -0.4 is 11.1 Å². The average molecular weight is 956 g/mol. The van der Waals surface area contributed by atoms with Gasteiger partial charge in [0.2, 0.25) is 11.1 Å². The van der Waals surface area contributed by atoms with E-state index in [2.05, 4.69) is 57.1 Å². The standard InChI is InChI=1S/C19H19BrClN3O2S.C14H11BrClN3OS.C5H10O2/c1-19(2,3)18(26)24-12(4-5-13-6-7-16(21)27-13)10-14(23-24)11-8-15(20)22-17(25)9-11;15-12-5-8(6-14(20)17-12)11-7-9(18-19-11)1-2-10-3-4-13(16)21-10;1-5(2,3)4(6)7/h6-10H,4-5H2,1-3H3,(H,22,25);3-7H,1-2H2,(H,17,20)(H,18,19);1-3H3,(H,6,7). The molecule has 6 aromatic heterocycles. The van der Waals surface area contributed by atoms with Crippen LogP contribution in [0, 0.1) is 10.8 Å². The van der Waals surface area contributed by atoms with Crippen molar-refractivity contribution in [3.63, 3.8) is 0 Å². The summed E-state index contributed by atoms with van der Waals surface area (Å²) in [5.41, 5.74) is 3.11. The Morgan fingerprint density at radius 3 is 1.65 bits per heavy atom. The number of H-pyrrole nitrogens is 3. The van der Waals surface area contributed by atoms with Gasteiger partial charge in [0.15, 0.2) is 0 Å². The SMILES string of the molecule is CC(C)(C)C(=O)O.CC(C)(C)C(=O)n1nc(-c2cc(Br)[nH]c(=O)c2)cc1CCc1ccc(Cl)s1.O=c1cc(-c2cc(CCc3ccc(Cl)s3)[nH]n2)cc(Br)[nH]1. The number of carbonyl (C=O) groups excluding carboxylic acids is 1. The van der Waals surface area contributed by atoms with Gasteiger partial charge in [0, 0.05) is 49.8 Å². The van der Waals surface area contributed by atoms with Crippen molar-refractivity contribution in [2.75, 3.05) is 0 Å². The van der Waals surface area contributed by atoms with E-state index in [4.69, 9.17) is 28.3 Å². The highest BCUT2D eigenvalue weighted by Gasteiger charge is 2.27. The van der Waals surface area contributed by atoms with Crippen molar-refractivity contribution in [3.05, 3.63) is 120 Å². The van der Waals surface area contributed by atoms with Crippen molar-refractivity contribution in [1.82, 2.24) is 29.9 Å². The number of aliphatic carboxylic acids is 1. The quantitative estimate of drug-likeness (QED) is 0.110. The molecule has 6 rings (SSSR count). The van der Waals surface area contributed by atoms with Crippen molar-refractivity contribution in [2.24, 2.45) is 10.8 Å². The number of thiophene rings is 2. The molecule has 11 nitrogen and oxygen atoms in total. The van der Waals surface area contributed by atoms with Gasteiger partial charge in [-0.05, 0) is 127 Å². The number of aryl methyl sites for hydroxylation is 4. The van der Waals surface area contributed by atoms with Gasteiger partial charge in [-0.15, -0.1) is 22.7 Å². The Kier molecular flexibility index (Phi) is 15.3. The van der Waals surface area contributed by atoms with Gasteiger partial charge in [-0.3, -0.25) is 24.3 Å². The third kappa shape index (κ3) is 13.5. The monoisotopic (exact) mass is 952 g/mol. The van der Waals surface area contributed by atoms with Gasteiger partial charge in [0.1, 0.15) is 0 Å². The molecule has 55 heavy (non-hydrogen) atoms. The van der Waals surface area contributed by atoms with E-state index in [0.717, 1.165) is 55.5 Å². The summed E-state index contributed by atoms with van der Waals surface area (Å²) in [4.78, 5) is 53.8. The highest BCUT2D eigenvalue weighted by Crippen LogP contribution is 2.27. The Labute approximate surface area is 352 Å². The largest absolute Gasteiger partial charge is 0.481 e. The third-order valence-electron chi connectivity index (χ3n) is 7.63. The predicted molar refractivity (Wildman–Crippen MR) is 229 cm³/mol. The molecule has 0 atom stereocenters. The molecular formula is C38H40Br2Cl2N6O5S2. The molecule has 0 aromatic carbocycles. The summed E-state index contributed by atoms with van der Waals surface area (Å²) in [6.07, 6.45) is 3.18. The first kappa shape index (κ1) is 44.1. The summed E-state index contributed by atoms with van der Waals surface area (Å²) in [7, 11) is 0. The molecule has 0 fully saturated rings. The molecule has 4 N–H and O–H groups in total. The van der Waals surface area contributed by atoms with Crippen LogP contribution in [-0.2, 0) is 30.5 Å². The van der Waals surface area contributed by atoms with E-state index in [0.29, 0.717) is 26.9 Å². The van der Waals surface area contributed by atoms with Crippen LogP contribution in [0.5, 0.6) is 0 Å². The number of carboxylic acid groups (broad SMARTS) is 1. The Bertz CT molecular complexity index is 2380. The zero-order chi connectivity index (χ0) is 40.7. The Morgan fingerprint density at radius 2 is 1.22 bits per heavy atom. The lowest BCUT2D eigenvalue weighted by Gasteiger charge is -2.17. The molecule has 0 aliphatic rings. The van der Waals surface area contributed by atoms with Crippen LogP contribution in [0.3, 0.4) is 0 Å². The van der Waals surface area contributed by atoms with Gasteiger partial charge in [-0.1, -0.05) is 44.0 Å². The molecule has 0 saturated heterocycles. The Balaban J connectivity index is 0.000000213. The second-order valence-corrected chi connectivity index (χ2v) is 19.7. The third-order valence-corrected chi connectivity index (χ3v) is 11.1. The molecule has 0 aliphatic heterocycles. The molecule has 0 aliphatic carbocycles. The van der Waals surface area contributed by atoms with Crippen LogP contribution in [0.2, 0.25) is 8.67 Å². The normalized spacial score (nSPS) is 11.4. The van der Waals surface area contributed by atoms with E-state index in [1.54, 1.807) is 38.2 Å². The molecule has 0 unspecified atom stereocenters. The van der Waals surface area contributed by atoms with Crippen molar-refractivity contribution in [1.29, 1.82) is 0 Å². The van der Waals surface area contributed by atoms with Crippen molar-refractivity contribution in [3.8, 4) is 22.5 Å². The highest BCUT2D eigenvalue weighted by molar-refractivity contribution is 9.10. The first-order valence-corrected chi connectivity index (χ1v) is 20.9. The minimum Gasteiger partial charge on any atom is -0.481 e. The summed E-state index contributed by atoms with van der Waals surface area (Å²) in [6.45, 7) is 10.6. The number of aromatic nitrogens is 6. The van der Waals surface area contributed by atoms with Crippen LogP contribution in [0.25, 0.3) is 22.5 Å². The number of nitrogens with one attached hydrogen (secondary N) is 3. The second kappa shape index (κ2) is 19.0. The van der Waals surface area contributed by atoms with Crippen LogP contribution in [-0.4, -0.2) is 46.9 Å². The van der Waals surface area contributed by atoms with E-state index in [-0.39, 0.29) is 17.0 Å². The number of aromatic amines is 3. The topological polar surface area (TPSA) is 167 Å². The highest BCUT2D eigenvalue weighted by atomic mass is 79.9. The fourth-order valence-corrected chi connectivity index (χ4v) is 7.72. The maximum Gasteiger partial charge on any atom is 0.308 e. The molecule has 292 valence electrons.